The van der Waals surface area contributed by atoms with E-state index in [1.54, 1.807) is 24.3 Å². The number of anilines is 2. The van der Waals surface area contributed by atoms with Crippen LogP contribution in [0, 0.1) is 0 Å². The third-order valence-electron chi connectivity index (χ3n) is 5.94. The molecule has 2 aromatic rings. The Balaban J connectivity index is 1.51. The van der Waals surface area contributed by atoms with Gasteiger partial charge in [0.1, 0.15) is 11.9 Å². The van der Waals surface area contributed by atoms with Crippen molar-refractivity contribution in [3.05, 3.63) is 54.1 Å². The van der Waals surface area contributed by atoms with Crippen molar-refractivity contribution in [1.29, 1.82) is 0 Å². The van der Waals surface area contributed by atoms with Crippen molar-refractivity contribution < 1.29 is 13.2 Å². The number of amidine groups is 1. The van der Waals surface area contributed by atoms with Gasteiger partial charge in [-0.25, -0.2) is 8.42 Å². The van der Waals surface area contributed by atoms with E-state index in [9.17, 15) is 13.2 Å². The van der Waals surface area contributed by atoms with Crippen LogP contribution in [0.5, 0.6) is 0 Å². The number of unbranched alkanes of at least 4 members (excludes halogenated alkanes) is 1. The lowest BCUT2D eigenvalue weighted by atomic mass is 10.1. The van der Waals surface area contributed by atoms with Crippen LogP contribution in [0.3, 0.4) is 0 Å². The maximum absolute atomic E-state index is 13.1. The summed E-state index contributed by atoms with van der Waals surface area (Å²) in [5.41, 5.74) is 2.39. The topological polar surface area (TPSA) is 90.9 Å². The Morgan fingerprint density at radius 2 is 1.81 bits per heavy atom. The van der Waals surface area contributed by atoms with Gasteiger partial charge in [-0.05, 0) is 62.1 Å². The Bertz CT molecular complexity index is 1090. The summed E-state index contributed by atoms with van der Waals surface area (Å²) in [6.45, 7) is 4.19. The molecule has 1 amide bonds. The van der Waals surface area contributed by atoms with E-state index in [4.69, 9.17) is 0 Å². The van der Waals surface area contributed by atoms with Crippen LogP contribution < -0.4 is 14.9 Å². The van der Waals surface area contributed by atoms with Gasteiger partial charge in [0, 0.05) is 30.0 Å². The summed E-state index contributed by atoms with van der Waals surface area (Å²) in [5.74, 6) is -0.00227. The molecule has 2 N–H and O–H groups in total. The highest BCUT2D eigenvalue weighted by molar-refractivity contribution is 7.90. The first-order valence-corrected chi connectivity index (χ1v) is 12.8. The van der Waals surface area contributed by atoms with Crippen LogP contribution in [-0.4, -0.2) is 39.3 Å². The lowest BCUT2D eigenvalue weighted by molar-refractivity contribution is -0.117. The van der Waals surface area contributed by atoms with Crippen LogP contribution in [0.15, 0.2) is 58.4 Å². The minimum Gasteiger partial charge on any atom is -0.372 e. The predicted octanol–water partition coefficient (Wildman–Crippen LogP) is 3.91. The maximum atomic E-state index is 13.1. The Morgan fingerprint density at radius 3 is 2.53 bits per heavy atom. The molecular formula is C24H30N4O3S. The number of nitrogens with zero attached hydrogens (tertiary/aromatic N) is 2. The lowest BCUT2D eigenvalue weighted by Crippen LogP contribution is -2.31. The molecule has 1 atom stereocenters. The second kappa shape index (κ2) is 9.73. The molecule has 2 aliphatic rings. The first-order valence-electron chi connectivity index (χ1n) is 11.3. The van der Waals surface area contributed by atoms with Gasteiger partial charge in [-0.3, -0.25) is 14.5 Å². The molecule has 0 saturated carbocycles. The second-order valence-corrected chi connectivity index (χ2v) is 9.97. The summed E-state index contributed by atoms with van der Waals surface area (Å²) in [4.78, 5) is 20.2. The second-order valence-electron chi connectivity index (χ2n) is 8.32. The number of carbonyl (C=O) groups excluding carboxylic acids is 1. The van der Waals surface area contributed by atoms with Crippen LogP contribution in [0.25, 0.3) is 0 Å². The molecule has 0 aromatic heterocycles. The molecule has 7 nitrogen and oxygen atoms in total. The van der Waals surface area contributed by atoms with Gasteiger partial charge in [0.05, 0.1) is 4.90 Å². The van der Waals surface area contributed by atoms with Crippen molar-refractivity contribution in [1.82, 2.24) is 4.72 Å². The third kappa shape index (κ3) is 4.96. The van der Waals surface area contributed by atoms with E-state index in [0.29, 0.717) is 17.7 Å². The fraction of sp³-hybridized carbons (Fsp3) is 0.417. The summed E-state index contributed by atoms with van der Waals surface area (Å²) in [7, 11) is -3.64. The van der Waals surface area contributed by atoms with Crippen LogP contribution in [0.1, 0.15) is 51.0 Å². The van der Waals surface area contributed by atoms with E-state index < -0.39 is 16.1 Å². The summed E-state index contributed by atoms with van der Waals surface area (Å²) in [6.07, 6.45) is 5.99. The SMILES string of the molecule is CCCCC(N=C1NS(=O)(=O)c2ccccc21)C(=O)Nc1ccc(N2CCCCC2)cc1. The van der Waals surface area contributed by atoms with Crippen LogP contribution in [0.4, 0.5) is 11.4 Å². The molecule has 8 heteroatoms. The molecule has 2 aromatic carbocycles. The third-order valence-corrected chi connectivity index (χ3v) is 7.33. The minimum absolute atomic E-state index is 0.196. The first-order chi connectivity index (χ1) is 15.5. The van der Waals surface area contributed by atoms with E-state index in [2.05, 4.69) is 26.9 Å². The zero-order valence-electron chi connectivity index (χ0n) is 18.4. The Labute approximate surface area is 190 Å². The minimum atomic E-state index is -3.64. The highest BCUT2D eigenvalue weighted by Gasteiger charge is 2.31. The Kier molecular flexibility index (Phi) is 6.79. The number of rotatable bonds is 7. The predicted molar refractivity (Wildman–Crippen MR) is 128 cm³/mol. The van der Waals surface area contributed by atoms with Crippen molar-refractivity contribution in [3.63, 3.8) is 0 Å². The molecule has 4 rings (SSSR count). The van der Waals surface area contributed by atoms with Gasteiger partial charge in [-0.15, -0.1) is 0 Å². The maximum Gasteiger partial charge on any atom is 0.263 e. The molecule has 0 bridgehead atoms. The Morgan fingerprint density at radius 1 is 1.09 bits per heavy atom. The number of aliphatic imine (C=N–C) groups is 1. The van der Waals surface area contributed by atoms with Crippen LogP contribution in [0.2, 0.25) is 0 Å². The summed E-state index contributed by atoms with van der Waals surface area (Å²) >= 11 is 0. The fourth-order valence-electron chi connectivity index (χ4n) is 4.17. The van der Waals surface area contributed by atoms with Gasteiger partial charge < -0.3 is 10.2 Å². The average Bonchev–Trinajstić information content (AvgIpc) is 3.07. The van der Waals surface area contributed by atoms with Gasteiger partial charge in [0.25, 0.3) is 10.0 Å². The number of sulfonamides is 1. The molecule has 32 heavy (non-hydrogen) atoms. The molecule has 0 spiro atoms. The molecular weight excluding hydrogens is 424 g/mol. The Hall–Kier alpha value is -2.87. The number of fused-ring (bicyclic) bond motifs is 1. The summed E-state index contributed by atoms with van der Waals surface area (Å²) in [6, 6.07) is 13.9. The van der Waals surface area contributed by atoms with E-state index in [1.165, 1.54) is 24.9 Å². The van der Waals surface area contributed by atoms with Gasteiger partial charge in [0.2, 0.25) is 5.91 Å². The van der Waals surface area contributed by atoms with Crippen LogP contribution >= 0.6 is 0 Å². The number of carbonyl (C=O) groups is 1. The number of hydrogen-bond donors (Lipinski definition) is 2. The number of piperidine rings is 1. The van der Waals surface area contributed by atoms with Crippen molar-refractivity contribution in [3.8, 4) is 0 Å². The zero-order chi connectivity index (χ0) is 22.6. The standard InChI is InChI=1S/C24H30N4O3S/c1-2-3-10-21(26-23-20-9-5-6-11-22(20)32(30,31)27-23)24(29)25-18-12-14-19(15-13-18)28-16-7-4-8-17-28/h5-6,9,11-15,21H,2-4,7-8,10,16-17H2,1H3,(H,25,29)(H,26,27). The molecule has 2 heterocycles. The van der Waals surface area contributed by atoms with E-state index >= 15 is 0 Å². The molecule has 0 radical (unpaired) electrons. The molecule has 1 unspecified atom stereocenters. The number of nitrogens with one attached hydrogen (secondary N) is 2. The van der Waals surface area contributed by atoms with Gasteiger partial charge in [-0.1, -0.05) is 31.9 Å². The fourth-order valence-corrected chi connectivity index (χ4v) is 5.41. The van der Waals surface area contributed by atoms with Crippen molar-refractivity contribution in [2.24, 2.45) is 4.99 Å². The van der Waals surface area contributed by atoms with Crippen molar-refractivity contribution in [2.45, 2.75) is 56.4 Å². The monoisotopic (exact) mass is 454 g/mol. The normalized spacial score (nSPS) is 19.3. The van der Waals surface area contributed by atoms with Gasteiger partial charge >= 0.3 is 0 Å². The van der Waals surface area contributed by atoms with Gasteiger partial charge in [0.15, 0.2) is 0 Å². The van der Waals surface area contributed by atoms with E-state index in [-0.39, 0.29) is 16.6 Å². The highest BCUT2D eigenvalue weighted by Crippen LogP contribution is 2.24. The molecule has 1 fully saturated rings. The quantitative estimate of drug-likeness (QED) is 0.664. The smallest absolute Gasteiger partial charge is 0.263 e. The molecule has 0 aliphatic carbocycles. The number of hydrogen-bond acceptors (Lipinski definition) is 5. The zero-order valence-corrected chi connectivity index (χ0v) is 19.2. The van der Waals surface area contributed by atoms with Crippen molar-refractivity contribution >= 4 is 33.1 Å². The van der Waals surface area contributed by atoms with E-state index in [1.807, 2.05) is 24.3 Å². The van der Waals surface area contributed by atoms with Crippen LogP contribution in [-0.2, 0) is 14.8 Å². The highest BCUT2D eigenvalue weighted by atomic mass is 32.2. The summed E-state index contributed by atoms with van der Waals surface area (Å²) < 4.78 is 27.3. The number of benzene rings is 2. The number of amides is 1. The van der Waals surface area contributed by atoms with Crippen molar-refractivity contribution in [2.75, 3.05) is 23.3 Å². The lowest BCUT2D eigenvalue weighted by Gasteiger charge is -2.28. The van der Waals surface area contributed by atoms with E-state index in [0.717, 1.165) is 25.9 Å². The summed E-state index contributed by atoms with van der Waals surface area (Å²) in [5, 5.41) is 2.96. The van der Waals surface area contributed by atoms with Gasteiger partial charge in [-0.2, -0.15) is 0 Å². The molecule has 170 valence electrons. The molecule has 2 aliphatic heterocycles. The average molecular weight is 455 g/mol. The molecule has 1 saturated heterocycles. The first kappa shape index (κ1) is 22.3. The largest absolute Gasteiger partial charge is 0.372 e.